The van der Waals surface area contributed by atoms with Gasteiger partial charge in [0.15, 0.2) is 0 Å². The Hall–Kier alpha value is -3.67. The zero-order valence-electron chi connectivity index (χ0n) is 15.2. The number of fused-ring (bicyclic) bond motifs is 3. The predicted octanol–water partition coefficient (Wildman–Crippen LogP) is 4.38. The maximum absolute atomic E-state index is 14.3. The second kappa shape index (κ2) is 6.74. The monoisotopic (exact) mass is 387 g/mol. The van der Waals surface area contributed by atoms with Gasteiger partial charge in [-0.2, -0.15) is 10.1 Å². The number of hydrogen-bond acceptors (Lipinski definition) is 3. The van der Waals surface area contributed by atoms with Crippen LogP contribution in [0.4, 0.5) is 14.5 Å². The number of aromatic nitrogens is 1. The second-order valence-electron chi connectivity index (χ2n) is 6.93. The van der Waals surface area contributed by atoms with E-state index < -0.39 is 11.7 Å². The highest BCUT2D eigenvalue weighted by Crippen LogP contribution is 2.38. The Morgan fingerprint density at radius 2 is 1.69 bits per heavy atom. The highest BCUT2D eigenvalue weighted by Gasteiger charge is 2.38. The molecule has 2 aliphatic rings. The Kier molecular flexibility index (Phi) is 4.05. The summed E-state index contributed by atoms with van der Waals surface area (Å²) in [6, 6.07) is 16.5. The maximum Gasteiger partial charge on any atom is 0.280 e. The molecule has 0 saturated heterocycles. The summed E-state index contributed by atoms with van der Waals surface area (Å²) in [6.07, 6.45) is 3.65. The Balaban J connectivity index is 1.61. The first-order valence-electron chi connectivity index (χ1n) is 9.22. The summed E-state index contributed by atoms with van der Waals surface area (Å²) >= 11 is 0. The fourth-order valence-electron chi connectivity index (χ4n) is 3.82. The summed E-state index contributed by atoms with van der Waals surface area (Å²) in [5.41, 5.74) is 3.06. The standard InChI is InChI=1S/C23H15F2N3O/c24-18-9-5-11-26-20(18)13-14-12-17-22(16-7-2-1-6-15(14)16)27-28(23(17)29)21-10-4-3-8-19(21)25/h1-12,14H,13H2. The van der Waals surface area contributed by atoms with E-state index in [0.717, 1.165) is 16.1 Å². The molecule has 1 aromatic heterocycles. The molecule has 1 aliphatic heterocycles. The largest absolute Gasteiger partial charge is 0.280 e. The van der Waals surface area contributed by atoms with Crippen molar-refractivity contribution >= 4 is 17.3 Å². The molecule has 1 atom stereocenters. The van der Waals surface area contributed by atoms with Crippen LogP contribution in [0.25, 0.3) is 0 Å². The molecule has 1 aliphatic carbocycles. The van der Waals surface area contributed by atoms with Gasteiger partial charge in [-0.05, 0) is 29.8 Å². The normalized spacial score (nSPS) is 17.5. The molecule has 0 spiro atoms. The Labute approximate surface area is 165 Å². The van der Waals surface area contributed by atoms with Gasteiger partial charge in [-0.15, -0.1) is 0 Å². The number of hydrogen-bond donors (Lipinski definition) is 0. The summed E-state index contributed by atoms with van der Waals surface area (Å²) in [6.45, 7) is 0. The van der Waals surface area contributed by atoms with Gasteiger partial charge in [-0.1, -0.05) is 42.5 Å². The van der Waals surface area contributed by atoms with Gasteiger partial charge >= 0.3 is 0 Å². The Morgan fingerprint density at radius 1 is 0.931 bits per heavy atom. The average Bonchev–Trinajstić information content (AvgIpc) is 3.07. The molecule has 1 amide bonds. The van der Waals surface area contributed by atoms with Gasteiger partial charge < -0.3 is 0 Å². The zero-order valence-corrected chi connectivity index (χ0v) is 15.2. The van der Waals surface area contributed by atoms with Crippen molar-refractivity contribution in [2.45, 2.75) is 12.3 Å². The van der Waals surface area contributed by atoms with Crippen LogP contribution in [0.5, 0.6) is 0 Å². The summed E-state index contributed by atoms with van der Waals surface area (Å²) in [7, 11) is 0. The van der Waals surface area contributed by atoms with Gasteiger partial charge in [0.25, 0.3) is 5.91 Å². The number of anilines is 1. The topological polar surface area (TPSA) is 45.6 Å². The van der Waals surface area contributed by atoms with Crippen molar-refractivity contribution in [2.75, 3.05) is 5.01 Å². The van der Waals surface area contributed by atoms with Crippen LogP contribution in [0.1, 0.15) is 22.7 Å². The summed E-state index contributed by atoms with van der Waals surface area (Å²) in [4.78, 5) is 17.2. The van der Waals surface area contributed by atoms with E-state index in [1.807, 2.05) is 24.3 Å². The highest BCUT2D eigenvalue weighted by atomic mass is 19.1. The molecule has 142 valence electrons. The van der Waals surface area contributed by atoms with E-state index in [-0.39, 0.29) is 17.4 Å². The van der Waals surface area contributed by atoms with Gasteiger partial charge in [0, 0.05) is 24.1 Å². The lowest BCUT2D eigenvalue weighted by atomic mass is 9.80. The summed E-state index contributed by atoms with van der Waals surface area (Å²) in [5.74, 6) is -1.54. The number of para-hydroxylation sites is 1. The van der Waals surface area contributed by atoms with Crippen LogP contribution in [-0.2, 0) is 11.2 Å². The molecule has 4 nitrogen and oxygen atoms in total. The molecule has 2 aromatic carbocycles. The molecular weight excluding hydrogens is 372 g/mol. The van der Waals surface area contributed by atoms with Crippen LogP contribution in [0.15, 0.2) is 83.6 Å². The van der Waals surface area contributed by atoms with Gasteiger partial charge in [-0.3, -0.25) is 9.78 Å². The van der Waals surface area contributed by atoms with Crippen LogP contribution in [0.2, 0.25) is 0 Å². The lowest BCUT2D eigenvalue weighted by Gasteiger charge is -2.22. The fraction of sp³-hybridized carbons (Fsp3) is 0.0870. The van der Waals surface area contributed by atoms with Crippen LogP contribution in [0, 0.1) is 11.6 Å². The number of carbonyl (C=O) groups is 1. The minimum Gasteiger partial charge on any atom is -0.267 e. The van der Waals surface area contributed by atoms with E-state index in [1.165, 1.54) is 18.2 Å². The fourth-order valence-corrected chi connectivity index (χ4v) is 3.82. The number of hydrazone groups is 1. The van der Waals surface area contributed by atoms with Crippen molar-refractivity contribution in [3.63, 3.8) is 0 Å². The summed E-state index contributed by atoms with van der Waals surface area (Å²) < 4.78 is 28.4. The van der Waals surface area contributed by atoms with Crippen LogP contribution < -0.4 is 5.01 Å². The Bertz CT molecular complexity index is 1200. The average molecular weight is 387 g/mol. The molecule has 2 heterocycles. The smallest absolute Gasteiger partial charge is 0.267 e. The van der Waals surface area contributed by atoms with E-state index in [2.05, 4.69) is 10.1 Å². The zero-order chi connectivity index (χ0) is 20.0. The number of halogens is 2. The number of carbonyl (C=O) groups excluding carboxylic acids is 1. The minimum atomic E-state index is -0.523. The quantitative estimate of drug-likeness (QED) is 0.670. The first-order chi connectivity index (χ1) is 14.1. The van der Waals surface area contributed by atoms with Crippen molar-refractivity contribution in [3.8, 4) is 0 Å². The third-order valence-corrected chi connectivity index (χ3v) is 5.19. The molecule has 0 saturated carbocycles. The lowest BCUT2D eigenvalue weighted by Crippen LogP contribution is -2.24. The maximum atomic E-state index is 14.3. The van der Waals surface area contributed by atoms with E-state index >= 15 is 0 Å². The molecule has 1 unspecified atom stereocenters. The molecule has 29 heavy (non-hydrogen) atoms. The van der Waals surface area contributed by atoms with Crippen molar-refractivity contribution in [2.24, 2.45) is 5.10 Å². The lowest BCUT2D eigenvalue weighted by molar-refractivity contribution is -0.114. The van der Waals surface area contributed by atoms with Gasteiger partial charge in [0.05, 0.1) is 11.3 Å². The van der Waals surface area contributed by atoms with E-state index in [1.54, 1.807) is 30.5 Å². The SMILES string of the molecule is O=C1C2=CC(Cc3ncccc3F)c3ccccc3C2=NN1c1ccccc1F. The van der Waals surface area contributed by atoms with Gasteiger partial charge in [0.1, 0.15) is 23.0 Å². The summed E-state index contributed by atoms with van der Waals surface area (Å²) in [5, 5.41) is 5.52. The van der Waals surface area contributed by atoms with E-state index in [9.17, 15) is 13.6 Å². The molecule has 0 radical (unpaired) electrons. The predicted molar refractivity (Wildman–Crippen MR) is 106 cm³/mol. The molecular formula is C23H15F2N3O. The van der Waals surface area contributed by atoms with Gasteiger partial charge in [0.2, 0.25) is 0 Å². The third-order valence-electron chi connectivity index (χ3n) is 5.19. The first kappa shape index (κ1) is 17.4. The number of pyridine rings is 1. The molecule has 0 fully saturated rings. The Morgan fingerprint density at radius 3 is 2.52 bits per heavy atom. The molecule has 3 aromatic rings. The molecule has 6 heteroatoms. The van der Waals surface area contributed by atoms with Crippen molar-refractivity contribution in [3.05, 3.63) is 107 Å². The number of nitrogens with zero attached hydrogens (tertiary/aromatic N) is 3. The first-order valence-corrected chi connectivity index (χ1v) is 9.22. The molecule has 5 rings (SSSR count). The number of rotatable bonds is 3. The van der Waals surface area contributed by atoms with Crippen LogP contribution >= 0.6 is 0 Å². The number of allylic oxidation sites excluding steroid dienone is 1. The highest BCUT2D eigenvalue weighted by molar-refractivity contribution is 6.36. The molecule has 0 N–H and O–H groups in total. The van der Waals surface area contributed by atoms with Crippen LogP contribution in [0.3, 0.4) is 0 Å². The van der Waals surface area contributed by atoms with E-state index in [4.69, 9.17) is 0 Å². The number of benzene rings is 2. The van der Waals surface area contributed by atoms with Crippen molar-refractivity contribution < 1.29 is 13.6 Å². The third kappa shape index (κ3) is 2.84. The molecule has 0 bridgehead atoms. The van der Waals surface area contributed by atoms with Crippen LogP contribution in [-0.4, -0.2) is 16.6 Å². The minimum absolute atomic E-state index is 0.102. The second-order valence-corrected chi connectivity index (χ2v) is 6.93. The number of amides is 1. The van der Waals surface area contributed by atoms with Gasteiger partial charge in [-0.25, -0.2) is 8.78 Å². The van der Waals surface area contributed by atoms with Crippen molar-refractivity contribution in [1.29, 1.82) is 0 Å². The van der Waals surface area contributed by atoms with Crippen molar-refractivity contribution in [1.82, 2.24) is 4.98 Å². The van der Waals surface area contributed by atoms with E-state index in [0.29, 0.717) is 23.4 Å².